The van der Waals surface area contributed by atoms with Crippen LogP contribution in [0.2, 0.25) is 0 Å². The topological polar surface area (TPSA) is 77.8 Å². The Morgan fingerprint density at radius 3 is 2.75 bits per heavy atom. The van der Waals surface area contributed by atoms with Crippen molar-refractivity contribution in [3.8, 4) is 0 Å². The van der Waals surface area contributed by atoms with Crippen LogP contribution in [0, 0.1) is 0 Å². The molecule has 2 N–H and O–H groups in total. The van der Waals surface area contributed by atoms with Crippen LogP contribution >= 0.6 is 11.8 Å². The number of carbonyl (C=O) groups excluding carboxylic acids is 1. The molecule has 24 heavy (non-hydrogen) atoms. The second-order valence-electron chi connectivity index (χ2n) is 6.29. The molecule has 0 aromatic heterocycles. The Balaban J connectivity index is 2.28. The fourth-order valence-corrected chi connectivity index (χ4v) is 3.80. The Hall–Kier alpha value is -1.01. The van der Waals surface area contributed by atoms with Crippen molar-refractivity contribution in [1.29, 1.82) is 0 Å². The summed E-state index contributed by atoms with van der Waals surface area (Å²) < 4.78 is 0. The van der Waals surface area contributed by atoms with Crippen molar-refractivity contribution in [2.24, 2.45) is 0 Å². The molecule has 1 saturated heterocycles. The lowest BCUT2D eigenvalue weighted by molar-refractivity contribution is -0.137. The first kappa shape index (κ1) is 21.0. The number of rotatable bonds is 13. The molecule has 1 aliphatic heterocycles. The van der Waals surface area contributed by atoms with E-state index in [1.54, 1.807) is 11.8 Å². The van der Waals surface area contributed by atoms with Gasteiger partial charge in [0.05, 0.1) is 17.2 Å². The van der Waals surface area contributed by atoms with Gasteiger partial charge >= 0.3 is 5.97 Å². The van der Waals surface area contributed by atoms with Gasteiger partial charge in [-0.3, -0.25) is 9.59 Å². The molecular formula is C18H31NO4S. The van der Waals surface area contributed by atoms with Crippen molar-refractivity contribution in [3.63, 3.8) is 0 Å². The molecule has 2 atom stereocenters. The third-order valence-corrected chi connectivity index (χ3v) is 5.31. The number of aliphatic carboxylic acids is 1. The summed E-state index contributed by atoms with van der Waals surface area (Å²) in [6.45, 7) is 2.85. The maximum atomic E-state index is 12.0. The first-order chi connectivity index (χ1) is 11.5. The lowest BCUT2D eigenvalue weighted by atomic mass is 10.1. The highest BCUT2D eigenvalue weighted by Gasteiger charge is 2.29. The average molecular weight is 358 g/mol. The summed E-state index contributed by atoms with van der Waals surface area (Å²) >= 11 is 1.60. The highest BCUT2D eigenvalue weighted by molar-refractivity contribution is 8.01. The maximum absolute atomic E-state index is 12.0. The van der Waals surface area contributed by atoms with Gasteiger partial charge in [-0.1, -0.05) is 51.2 Å². The van der Waals surface area contributed by atoms with Crippen molar-refractivity contribution in [2.45, 2.75) is 76.2 Å². The van der Waals surface area contributed by atoms with Gasteiger partial charge in [-0.15, -0.1) is 11.8 Å². The molecular weight excluding hydrogens is 326 g/mol. The normalized spacial score (nSPS) is 19.3. The Labute approximate surface area is 149 Å². The summed E-state index contributed by atoms with van der Waals surface area (Å²) in [6, 6.07) is 0. The monoisotopic (exact) mass is 357 g/mol. The molecule has 2 unspecified atom stereocenters. The highest BCUT2D eigenvalue weighted by Crippen LogP contribution is 2.26. The average Bonchev–Trinajstić information content (AvgIpc) is 2.89. The lowest BCUT2D eigenvalue weighted by Gasteiger charge is -2.21. The number of carboxylic acids is 1. The van der Waals surface area contributed by atoms with E-state index in [9.17, 15) is 14.7 Å². The summed E-state index contributed by atoms with van der Waals surface area (Å²) in [4.78, 5) is 24.3. The van der Waals surface area contributed by atoms with Gasteiger partial charge in [0, 0.05) is 13.0 Å². The number of carboxylic acid groups (broad SMARTS) is 1. The van der Waals surface area contributed by atoms with E-state index in [0.29, 0.717) is 18.7 Å². The van der Waals surface area contributed by atoms with E-state index >= 15 is 0 Å². The van der Waals surface area contributed by atoms with Crippen molar-refractivity contribution < 1.29 is 19.8 Å². The van der Waals surface area contributed by atoms with E-state index in [0.717, 1.165) is 44.9 Å². The molecule has 0 bridgehead atoms. The summed E-state index contributed by atoms with van der Waals surface area (Å²) in [5.41, 5.74) is 0. The minimum atomic E-state index is -0.746. The smallest absolute Gasteiger partial charge is 0.303 e. The Bertz CT molecular complexity index is 414. The first-order valence-electron chi connectivity index (χ1n) is 9.03. The highest BCUT2D eigenvalue weighted by atomic mass is 32.2. The minimum Gasteiger partial charge on any atom is -0.481 e. The molecule has 1 heterocycles. The molecule has 0 spiro atoms. The van der Waals surface area contributed by atoms with Gasteiger partial charge in [-0.25, -0.2) is 0 Å². The Morgan fingerprint density at radius 1 is 1.29 bits per heavy atom. The van der Waals surface area contributed by atoms with E-state index in [2.05, 4.69) is 6.92 Å². The third kappa shape index (κ3) is 8.73. The molecule has 0 aromatic carbocycles. The number of unbranched alkanes of at least 4 members (excludes halogenated alkanes) is 5. The first-order valence-corrected chi connectivity index (χ1v) is 10.1. The number of nitrogens with zero attached hydrogens (tertiary/aromatic N) is 1. The number of carbonyl (C=O) groups is 2. The molecule has 0 saturated carbocycles. The molecule has 0 aromatic rings. The molecule has 0 aliphatic carbocycles. The SMILES string of the molecule is CCCCCC(O)C=CC1SCC(=O)N1CCCCCCC(=O)O. The van der Waals surface area contributed by atoms with E-state index in [-0.39, 0.29) is 17.7 Å². The quantitative estimate of drug-likeness (QED) is 0.390. The van der Waals surface area contributed by atoms with Crippen LogP contribution in [0.5, 0.6) is 0 Å². The van der Waals surface area contributed by atoms with Crippen molar-refractivity contribution in [3.05, 3.63) is 12.2 Å². The van der Waals surface area contributed by atoms with Crippen LogP contribution in [-0.2, 0) is 9.59 Å². The molecule has 6 heteroatoms. The molecule has 1 amide bonds. The largest absolute Gasteiger partial charge is 0.481 e. The van der Waals surface area contributed by atoms with Gasteiger partial charge < -0.3 is 15.1 Å². The molecule has 138 valence electrons. The maximum Gasteiger partial charge on any atom is 0.303 e. The van der Waals surface area contributed by atoms with Gasteiger partial charge in [0.15, 0.2) is 0 Å². The number of aliphatic hydroxyl groups excluding tert-OH is 1. The third-order valence-electron chi connectivity index (χ3n) is 4.15. The van der Waals surface area contributed by atoms with E-state index in [1.165, 1.54) is 0 Å². The second kappa shape index (κ2) is 12.4. The van der Waals surface area contributed by atoms with Crippen molar-refractivity contribution >= 4 is 23.6 Å². The number of amides is 1. The summed E-state index contributed by atoms with van der Waals surface area (Å²) in [5, 5.41) is 18.6. The number of aliphatic hydroxyl groups is 1. The van der Waals surface area contributed by atoms with Gasteiger partial charge in [-0.2, -0.15) is 0 Å². The summed E-state index contributed by atoms with van der Waals surface area (Å²) in [6.07, 6.45) is 11.1. The van der Waals surface area contributed by atoms with E-state index in [1.807, 2.05) is 17.1 Å². The standard InChI is InChI=1S/C18H31NO4S/c1-2-3-6-9-15(20)11-12-17-19(16(21)14-24-17)13-8-5-4-7-10-18(22)23/h11-12,15,17,20H,2-10,13-14H2,1H3,(H,22,23). The molecule has 1 aliphatic rings. The van der Waals surface area contributed by atoms with Gasteiger partial charge in [0.25, 0.3) is 0 Å². The number of hydrogen-bond acceptors (Lipinski definition) is 4. The zero-order valence-corrected chi connectivity index (χ0v) is 15.5. The number of thioether (sulfide) groups is 1. The lowest BCUT2D eigenvalue weighted by Crippen LogP contribution is -2.32. The van der Waals surface area contributed by atoms with Crippen LogP contribution in [0.3, 0.4) is 0 Å². The number of hydrogen-bond donors (Lipinski definition) is 2. The fraction of sp³-hybridized carbons (Fsp3) is 0.778. The predicted octanol–water partition coefficient (Wildman–Crippen LogP) is 3.42. The summed E-state index contributed by atoms with van der Waals surface area (Å²) in [5.74, 6) is -0.0931. The molecule has 1 rings (SSSR count). The van der Waals surface area contributed by atoms with Crippen molar-refractivity contribution in [2.75, 3.05) is 12.3 Å². The van der Waals surface area contributed by atoms with Crippen LogP contribution in [-0.4, -0.2) is 50.8 Å². The van der Waals surface area contributed by atoms with E-state index in [4.69, 9.17) is 5.11 Å². The molecule has 1 fully saturated rings. The van der Waals surface area contributed by atoms with E-state index < -0.39 is 12.1 Å². The minimum absolute atomic E-state index is 0.0253. The summed E-state index contributed by atoms with van der Waals surface area (Å²) in [7, 11) is 0. The fourth-order valence-electron chi connectivity index (χ4n) is 2.72. The Kier molecular flexibility index (Phi) is 10.8. The van der Waals surface area contributed by atoms with Crippen LogP contribution in [0.15, 0.2) is 12.2 Å². The Morgan fingerprint density at radius 2 is 2.04 bits per heavy atom. The van der Waals surface area contributed by atoms with Crippen LogP contribution in [0.1, 0.15) is 64.7 Å². The van der Waals surface area contributed by atoms with Gasteiger partial charge in [0.2, 0.25) is 5.91 Å². The zero-order chi connectivity index (χ0) is 17.8. The van der Waals surface area contributed by atoms with Crippen LogP contribution < -0.4 is 0 Å². The molecule has 5 nitrogen and oxygen atoms in total. The van der Waals surface area contributed by atoms with Gasteiger partial charge in [-0.05, 0) is 19.3 Å². The van der Waals surface area contributed by atoms with Crippen molar-refractivity contribution in [1.82, 2.24) is 4.90 Å². The van der Waals surface area contributed by atoms with Gasteiger partial charge in [0.1, 0.15) is 0 Å². The second-order valence-corrected chi connectivity index (χ2v) is 7.40. The van der Waals surface area contributed by atoms with Crippen LogP contribution in [0.4, 0.5) is 0 Å². The molecule has 0 radical (unpaired) electrons. The van der Waals surface area contributed by atoms with Crippen LogP contribution in [0.25, 0.3) is 0 Å². The zero-order valence-electron chi connectivity index (χ0n) is 14.7. The predicted molar refractivity (Wildman–Crippen MR) is 98.0 cm³/mol.